The van der Waals surface area contributed by atoms with E-state index in [1.807, 2.05) is 0 Å². The van der Waals surface area contributed by atoms with Crippen molar-refractivity contribution >= 4 is 19.7 Å². The summed E-state index contributed by atoms with van der Waals surface area (Å²) in [6.07, 6.45) is 6.17. The normalized spacial score (nSPS) is 56.9. The Balaban J connectivity index is 1.95. The van der Waals surface area contributed by atoms with Gasteiger partial charge in [-0.15, -0.1) is 11.6 Å². The Hall–Kier alpha value is 0.247. The van der Waals surface area contributed by atoms with E-state index in [4.69, 9.17) is 11.6 Å². The van der Waals surface area contributed by atoms with E-state index in [9.17, 15) is 0 Å². The van der Waals surface area contributed by atoms with Gasteiger partial charge in [0.2, 0.25) is 0 Å². The summed E-state index contributed by atoms with van der Waals surface area (Å²) in [5, 5.41) is 0. The van der Waals surface area contributed by atoms with Crippen LogP contribution in [0.4, 0.5) is 0 Å². The molecule has 0 aromatic carbocycles. The molecule has 2 bridgehead atoms. The van der Waals surface area contributed by atoms with Crippen molar-refractivity contribution in [3.63, 3.8) is 0 Å². The van der Waals surface area contributed by atoms with Gasteiger partial charge < -0.3 is 0 Å². The molecule has 5 atom stereocenters. The topological polar surface area (TPSA) is 0 Å². The summed E-state index contributed by atoms with van der Waals surface area (Å²) in [5.74, 6) is 2.43. The number of halogens is 1. The highest BCUT2D eigenvalue weighted by Gasteiger charge is 2.77. The number of rotatable bonds is 1. The van der Waals surface area contributed by atoms with Crippen LogP contribution >= 0.6 is 11.6 Å². The highest BCUT2D eigenvalue weighted by Crippen LogP contribution is 2.79. The molecule has 0 aromatic rings. The highest BCUT2D eigenvalue weighted by molar-refractivity contribution is 6.80. The van der Waals surface area contributed by atoms with Crippen LogP contribution in [0.3, 0.4) is 0 Å². The van der Waals surface area contributed by atoms with Crippen LogP contribution in [0, 0.1) is 17.8 Å². The van der Waals surface area contributed by atoms with E-state index < -0.39 is 8.07 Å². The minimum Gasteiger partial charge on any atom is -0.118 e. The molecular weight excluding hydrogens is 196 g/mol. The van der Waals surface area contributed by atoms with Gasteiger partial charge in [0.15, 0.2) is 0 Å². The maximum atomic E-state index is 6.77. The second-order valence-electron chi connectivity index (χ2n) is 6.09. The zero-order valence-corrected chi connectivity index (χ0v) is 10.3. The summed E-state index contributed by atoms with van der Waals surface area (Å²) in [7, 11) is -1.01. The largest absolute Gasteiger partial charge is 0.118 e. The molecule has 2 heteroatoms. The third kappa shape index (κ3) is 0.835. The third-order valence-electron chi connectivity index (χ3n) is 4.32. The van der Waals surface area contributed by atoms with E-state index in [-0.39, 0.29) is 4.87 Å². The molecule has 0 nitrogen and oxygen atoms in total. The standard InChI is InChI=1S/C11H17ClSi/c1-13(2,3)10-9-7-4-5-8(6-7)11(9,10)12/h4-5,7-10H,6H2,1-3H3/t7-,8+,9+,10+,11-/m0/s1. The number of alkyl halides is 1. The number of hydrogen-bond donors (Lipinski definition) is 0. The summed E-state index contributed by atoms with van der Waals surface area (Å²) in [6, 6.07) is 0. The van der Waals surface area contributed by atoms with Crippen molar-refractivity contribution in [2.24, 2.45) is 17.8 Å². The van der Waals surface area contributed by atoms with E-state index in [1.165, 1.54) is 6.42 Å². The molecule has 0 spiro atoms. The van der Waals surface area contributed by atoms with Gasteiger partial charge in [0.05, 0.1) is 4.87 Å². The lowest BCUT2D eigenvalue weighted by Crippen LogP contribution is -2.27. The summed E-state index contributed by atoms with van der Waals surface area (Å²) in [5.41, 5.74) is 0.889. The molecule has 0 radical (unpaired) electrons. The van der Waals surface area contributed by atoms with Crippen LogP contribution in [-0.2, 0) is 0 Å². The average molecular weight is 213 g/mol. The van der Waals surface area contributed by atoms with Gasteiger partial charge in [-0.3, -0.25) is 0 Å². The van der Waals surface area contributed by atoms with Gasteiger partial charge in [-0.25, -0.2) is 0 Å². The fourth-order valence-electron chi connectivity index (χ4n) is 3.98. The lowest BCUT2D eigenvalue weighted by molar-refractivity contribution is 0.574. The zero-order chi connectivity index (χ0) is 9.43. The van der Waals surface area contributed by atoms with Crippen LogP contribution < -0.4 is 0 Å². The van der Waals surface area contributed by atoms with Crippen LogP contribution in [0.15, 0.2) is 12.2 Å². The quantitative estimate of drug-likeness (QED) is 0.355. The zero-order valence-electron chi connectivity index (χ0n) is 8.55. The molecule has 0 saturated heterocycles. The summed E-state index contributed by atoms with van der Waals surface area (Å²) >= 11 is 6.77. The Morgan fingerprint density at radius 1 is 1.31 bits per heavy atom. The van der Waals surface area contributed by atoms with Crippen molar-refractivity contribution in [3.8, 4) is 0 Å². The van der Waals surface area contributed by atoms with Crippen LogP contribution in [0.2, 0.25) is 25.2 Å². The number of allylic oxidation sites excluding steroid dienone is 2. The van der Waals surface area contributed by atoms with Crippen molar-refractivity contribution in [2.75, 3.05) is 0 Å². The maximum absolute atomic E-state index is 6.77. The van der Waals surface area contributed by atoms with Gasteiger partial charge in [0.1, 0.15) is 0 Å². The molecule has 0 heterocycles. The lowest BCUT2D eigenvalue weighted by Gasteiger charge is -2.23. The first-order valence-corrected chi connectivity index (χ1v) is 9.28. The minimum absolute atomic E-state index is 0.226. The van der Waals surface area contributed by atoms with Gasteiger partial charge >= 0.3 is 0 Å². The molecule has 0 unspecified atom stereocenters. The Morgan fingerprint density at radius 2 is 2.00 bits per heavy atom. The number of hydrogen-bond acceptors (Lipinski definition) is 0. The molecule has 13 heavy (non-hydrogen) atoms. The molecule has 0 aliphatic heterocycles. The summed E-state index contributed by atoms with van der Waals surface area (Å²) in [6.45, 7) is 7.42. The monoisotopic (exact) mass is 212 g/mol. The van der Waals surface area contributed by atoms with Gasteiger partial charge in [-0.2, -0.15) is 0 Å². The third-order valence-corrected chi connectivity index (χ3v) is 7.97. The molecule has 2 fully saturated rings. The van der Waals surface area contributed by atoms with E-state index in [1.54, 1.807) is 0 Å². The van der Waals surface area contributed by atoms with Gasteiger partial charge in [0, 0.05) is 8.07 Å². The van der Waals surface area contributed by atoms with E-state index in [0.29, 0.717) is 0 Å². The highest BCUT2D eigenvalue weighted by atomic mass is 35.5. The Kier molecular flexibility index (Phi) is 1.37. The van der Waals surface area contributed by atoms with E-state index >= 15 is 0 Å². The van der Waals surface area contributed by atoms with Gasteiger partial charge in [-0.1, -0.05) is 31.8 Å². The van der Waals surface area contributed by atoms with E-state index in [2.05, 4.69) is 31.8 Å². The maximum Gasteiger partial charge on any atom is 0.0551 e. The molecule has 2 saturated carbocycles. The molecule has 0 amide bonds. The lowest BCUT2D eigenvalue weighted by atomic mass is 10.1. The summed E-state index contributed by atoms with van der Waals surface area (Å²) in [4.78, 5) is 0.226. The van der Waals surface area contributed by atoms with Gasteiger partial charge in [-0.05, 0) is 29.7 Å². The van der Waals surface area contributed by atoms with Crippen LogP contribution in [-0.4, -0.2) is 12.9 Å². The Morgan fingerprint density at radius 3 is 2.46 bits per heavy atom. The molecule has 72 valence electrons. The smallest absolute Gasteiger partial charge is 0.0551 e. The second kappa shape index (κ2) is 2.09. The average Bonchev–Trinajstić information content (AvgIpc) is 2.37. The minimum atomic E-state index is -1.01. The molecule has 0 aromatic heterocycles. The van der Waals surface area contributed by atoms with Crippen molar-refractivity contribution < 1.29 is 0 Å². The van der Waals surface area contributed by atoms with E-state index in [0.717, 1.165) is 23.3 Å². The number of fused-ring (bicyclic) bond motifs is 5. The first-order valence-electron chi connectivity index (χ1n) is 5.33. The fourth-order valence-corrected chi connectivity index (χ4v) is 8.83. The van der Waals surface area contributed by atoms with Crippen molar-refractivity contribution in [3.05, 3.63) is 12.2 Å². The molecular formula is C11H17ClSi. The van der Waals surface area contributed by atoms with Crippen LogP contribution in [0.25, 0.3) is 0 Å². The Bertz CT molecular complexity index is 291. The SMILES string of the molecule is C[Si](C)(C)[C@@H]1[C@H]2[C@H]3C=C[C@H](C3)[C@]21Cl. The fraction of sp³-hybridized carbons (Fsp3) is 0.818. The first kappa shape index (κ1) is 8.55. The molecule has 3 rings (SSSR count). The predicted octanol–water partition coefficient (Wildman–Crippen LogP) is 3.51. The van der Waals surface area contributed by atoms with Crippen molar-refractivity contribution in [2.45, 2.75) is 36.5 Å². The summed E-state index contributed by atoms with van der Waals surface area (Å²) < 4.78 is 0. The van der Waals surface area contributed by atoms with Gasteiger partial charge in [0.25, 0.3) is 0 Å². The van der Waals surface area contributed by atoms with Crippen LogP contribution in [0.1, 0.15) is 6.42 Å². The van der Waals surface area contributed by atoms with Crippen molar-refractivity contribution in [1.82, 2.24) is 0 Å². The van der Waals surface area contributed by atoms with Crippen LogP contribution in [0.5, 0.6) is 0 Å². The molecule has 3 aliphatic rings. The molecule has 0 N–H and O–H groups in total. The first-order chi connectivity index (χ1) is 5.95. The second-order valence-corrected chi connectivity index (χ2v) is 12.1. The Labute approximate surface area is 86.4 Å². The van der Waals surface area contributed by atoms with Crippen molar-refractivity contribution in [1.29, 1.82) is 0 Å². The predicted molar refractivity (Wildman–Crippen MR) is 59.9 cm³/mol. The molecule has 3 aliphatic carbocycles.